The minimum atomic E-state index is -0.0722. The Morgan fingerprint density at radius 2 is 1.97 bits per heavy atom. The zero-order valence-corrected chi connectivity index (χ0v) is 16.7. The summed E-state index contributed by atoms with van der Waals surface area (Å²) in [6.07, 6.45) is 3.32. The Kier molecular flexibility index (Phi) is 5.48. The van der Waals surface area contributed by atoms with E-state index in [4.69, 9.17) is 9.15 Å². The fourth-order valence-corrected chi connectivity index (χ4v) is 3.81. The van der Waals surface area contributed by atoms with Crippen LogP contribution in [0.5, 0.6) is 5.75 Å². The lowest BCUT2D eigenvalue weighted by molar-refractivity contribution is 0.415. The van der Waals surface area contributed by atoms with Gasteiger partial charge in [0.1, 0.15) is 12.0 Å². The molecule has 0 saturated carbocycles. The van der Waals surface area contributed by atoms with E-state index < -0.39 is 0 Å². The highest BCUT2D eigenvalue weighted by molar-refractivity contribution is 7.98. The molecule has 29 heavy (non-hydrogen) atoms. The molecule has 0 spiro atoms. The number of oxazole rings is 1. The first-order valence-electron chi connectivity index (χ1n) is 9.01. The first-order valence-corrected chi connectivity index (χ1v) is 10.0. The van der Waals surface area contributed by atoms with Gasteiger partial charge in [-0.3, -0.25) is 9.36 Å². The number of thioether (sulfide) groups is 1. The van der Waals surface area contributed by atoms with Crippen LogP contribution in [0.25, 0.3) is 22.4 Å². The van der Waals surface area contributed by atoms with Gasteiger partial charge in [-0.1, -0.05) is 30.0 Å². The molecule has 0 fully saturated rings. The lowest BCUT2D eigenvalue weighted by Gasteiger charge is -2.10. The van der Waals surface area contributed by atoms with Crippen molar-refractivity contribution in [1.29, 1.82) is 0 Å². The number of allylic oxidation sites excluding steroid dienone is 1. The molecule has 0 bridgehead atoms. The van der Waals surface area contributed by atoms with E-state index >= 15 is 0 Å². The number of nitrogens with zero attached hydrogens (tertiary/aromatic N) is 3. The molecule has 0 amide bonds. The monoisotopic (exact) mass is 405 g/mol. The Morgan fingerprint density at radius 1 is 1.17 bits per heavy atom. The molecule has 0 N–H and O–H groups in total. The van der Waals surface area contributed by atoms with Gasteiger partial charge in [0.15, 0.2) is 5.16 Å². The Morgan fingerprint density at radius 3 is 2.72 bits per heavy atom. The van der Waals surface area contributed by atoms with Crippen molar-refractivity contribution < 1.29 is 9.15 Å². The van der Waals surface area contributed by atoms with Gasteiger partial charge < -0.3 is 9.15 Å². The maximum Gasteiger partial charge on any atom is 0.262 e. The Bertz CT molecular complexity index is 1210. The van der Waals surface area contributed by atoms with E-state index in [0.29, 0.717) is 34.2 Å². The minimum Gasteiger partial charge on any atom is -0.497 e. The average Bonchev–Trinajstić information content (AvgIpc) is 3.24. The van der Waals surface area contributed by atoms with Crippen LogP contribution in [0.15, 0.2) is 81.8 Å². The normalized spacial score (nSPS) is 10.9. The predicted molar refractivity (Wildman–Crippen MR) is 114 cm³/mol. The fourth-order valence-electron chi connectivity index (χ4n) is 2.93. The summed E-state index contributed by atoms with van der Waals surface area (Å²) >= 11 is 1.45. The summed E-state index contributed by atoms with van der Waals surface area (Å²) in [5.41, 5.74) is 2.25. The molecule has 0 aliphatic carbocycles. The number of methoxy groups -OCH3 is 1. The van der Waals surface area contributed by atoms with Crippen molar-refractivity contribution in [2.75, 3.05) is 7.11 Å². The molecule has 0 unspecified atom stereocenters. The predicted octanol–water partition coefficient (Wildman–Crippen LogP) is 4.54. The summed E-state index contributed by atoms with van der Waals surface area (Å²) in [4.78, 5) is 22.0. The molecule has 0 radical (unpaired) electrons. The summed E-state index contributed by atoms with van der Waals surface area (Å²) in [7, 11) is 1.63. The van der Waals surface area contributed by atoms with Crippen molar-refractivity contribution >= 4 is 22.7 Å². The molecule has 0 atom stereocenters. The quantitative estimate of drug-likeness (QED) is 0.255. The van der Waals surface area contributed by atoms with Crippen molar-refractivity contribution in [3.05, 3.63) is 83.5 Å². The summed E-state index contributed by atoms with van der Waals surface area (Å²) < 4.78 is 12.4. The van der Waals surface area contributed by atoms with Crippen LogP contribution in [-0.2, 0) is 12.3 Å². The SMILES string of the molecule is C=CCn1c(SCc2coc(-c3ccc(OC)cc3)n2)nc2ccccc2c1=O. The standard InChI is InChI=1S/C22H19N3O3S/c1-3-12-25-21(26)18-6-4-5-7-19(18)24-22(25)29-14-16-13-28-20(23-16)15-8-10-17(27-2)11-9-15/h3-11,13H,1,12,14H2,2H3. The zero-order chi connectivity index (χ0) is 20.2. The van der Waals surface area contributed by atoms with Crippen LogP contribution in [0.3, 0.4) is 0 Å². The van der Waals surface area contributed by atoms with Crippen LogP contribution in [-0.4, -0.2) is 21.6 Å². The lowest BCUT2D eigenvalue weighted by atomic mass is 10.2. The smallest absolute Gasteiger partial charge is 0.262 e. The number of para-hydroxylation sites is 1. The van der Waals surface area contributed by atoms with Crippen LogP contribution >= 0.6 is 11.8 Å². The summed E-state index contributed by atoms with van der Waals surface area (Å²) in [6.45, 7) is 4.15. The Hall–Kier alpha value is -3.32. The average molecular weight is 405 g/mol. The van der Waals surface area contributed by atoms with Crippen LogP contribution in [0.2, 0.25) is 0 Å². The van der Waals surface area contributed by atoms with Gasteiger partial charge in [-0.15, -0.1) is 6.58 Å². The third-order valence-corrected chi connectivity index (χ3v) is 5.39. The molecule has 146 valence electrons. The van der Waals surface area contributed by atoms with E-state index in [9.17, 15) is 4.79 Å². The highest BCUT2D eigenvalue weighted by atomic mass is 32.2. The van der Waals surface area contributed by atoms with Crippen molar-refractivity contribution in [3.63, 3.8) is 0 Å². The van der Waals surface area contributed by atoms with Crippen molar-refractivity contribution in [2.24, 2.45) is 0 Å². The number of benzene rings is 2. The molecule has 4 aromatic rings. The number of rotatable bonds is 7. The summed E-state index contributed by atoms with van der Waals surface area (Å²) in [6, 6.07) is 14.9. The largest absolute Gasteiger partial charge is 0.497 e. The lowest BCUT2D eigenvalue weighted by Crippen LogP contribution is -2.22. The number of fused-ring (bicyclic) bond motifs is 1. The summed E-state index contributed by atoms with van der Waals surface area (Å²) in [5, 5.41) is 1.23. The highest BCUT2D eigenvalue weighted by Gasteiger charge is 2.13. The molecular weight excluding hydrogens is 386 g/mol. The van der Waals surface area contributed by atoms with Crippen molar-refractivity contribution in [1.82, 2.24) is 14.5 Å². The van der Waals surface area contributed by atoms with Gasteiger partial charge in [-0.05, 0) is 36.4 Å². The Labute approximate surface area is 171 Å². The highest BCUT2D eigenvalue weighted by Crippen LogP contribution is 2.25. The van der Waals surface area contributed by atoms with Crippen LogP contribution in [0, 0.1) is 0 Å². The van der Waals surface area contributed by atoms with E-state index in [-0.39, 0.29) is 5.56 Å². The maximum atomic E-state index is 12.8. The number of hydrogen-bond donors (Lipinski definition) is 0. The van der Waals surface area contributed by atoms with Crippen LogP contribution in [0.1, 0.15) is 5.69 Å². The van der Waals surface area contributed by atoms with Gasteiger partial charge in [0, 0.05) is 17.9 Å². The van der Waals surface area contributed by atoms with Crippen LogP contribution < -0.4 is 10.3 Å². The van der Waals surface area contributed by atoms with Crippen molar-refractivity contribution in [3.8, 4) is 17.2 Å². The van der Waals surface area contributed by atoms with Gasteiger partial charge in [0.05, 0.1) is 23.7 Å². The molecule has 2 aromatic heterocycles. The van der Waals surface area contributed by atoms with E-state index in [1.807, 2.05) is 42.5 Å². The van der Waals surface area contributed by atoms with E-state index in [2.05, 4.69) is 16.5 Å². The first kappa shape index (κ1) is 19.0. The first-order chi connectivity index (χ1) is 14.2. The minimum absolute atomic E-state index is 0.0722. The van der Waals surface area contributed by atoms with Gasteiger partial charge >= 0.3 is 0 Å². The molecule has 6 nitrogen and oxygen atoms in total. The number of hydrogen-bond acceptors (Lipinski definition) is 6. The molecule has 0 aliphatic rings. The van der Waals surface area contributed by atoms with Gasteiger partial charge in [0.25, 0.3) is 5.56 Å². The number of aromatic nitrogens is 3. The van der Waals surface area contributed by atoms with Gasteiger partial charge in [-0.2, -0.15) is 0 Å². The van der Waals surface area contributed by atoms with E-state index in [1.165, 1.54) is 11.8 Å². The fraction of sp³-hybridized carbons (Fsp3) is 0.136. The second-order valence-electron chi connectivity index (χ2n) is 6.28. The number of ether oxygens (including phenoxy) is 1. The second-order valence-corrected chi connectivity index (χ2v) is 7.22. The molecule has 0 saturated heterocycles. The third-order valence-electron chi connectivity index (χ3n) is 4.38. The van der Waals surface area contributed by atoms with Crippen LogP contribution in [0.4, 0.5) is 0 Å². The molecule has 7 heteroatoms. The third kappa shape index (κ3) is 3.95. The zero-order valence-electron chi connectivity index (χ0n) is 15.9. The second kappa shape index (κ2) is 8.36. The molecule has 4 rings (SSSR count). The van der Waals surface area contributed by atoms with E-state index in [1.54, 1.807) is 30.1 Å². The topological polar surface area (TPSA) is 70.2 Å². The Balaban J connectivity index is 1.58. The molecule has 0 aliphatic heterocycles. The van der Waals surface area contributed by atoms with Gasteiger partial charge in [0.2, 0.25) is 5.89 Å². The van der Waals surface area contributed by atoms with E-state index in [0.717, 1.165) is 17.0 Å². The van der Waals surface area contributed by atoms with Crippen molar-refractivity contribution in [2.45, 2.75) is 17.5 Å². The molecular formula is C22H19N3O3S. The van der Waals surface area contributed by atoms with Gasteiger partial charge in [-0.25, -0.2) is 9.97 Å². The summed E-state index contributed by atoms with van der Waals surface area (Å²) in [5.74, 6) is 1.85. The maximum absolute atomic E-state index is 12.8. The molecule has 2 heterocycles. The molecule has 2 aromatic carbocycles.